The molecule has 4 saturated carbocycles. The first-order valence-electron chi connectivity index (χ1n) is 18.9. The van der Waals surface area contributed by atoms with Crippen molar-refractivity contribution in [3.8, 4) is 0 Å². The molecule has 4 bridgehead atoms. The summed E-state index contributed by atoms with van der Waals surface area (Å²) in [6.45, 7) is 10.4. The summed E-state index contributed by atoms with van der Waals surface area (Å²) in [5.74, 6) is -6.04. The summed E-state index contributed by atoms with van der Waals surface area (Å²) in [7, 11) is 1.26. The summed E-state index contributed by atoms with van der Waals surface area (Å²) in [6, 6.07) is 9.92. The van der Waals surface area contributed by atoms with Gasteiger partial charge in [-0.25, -0.2) is 9.59 Å². The molecule has 4 heterocycles. The van der Waals surface area contributed by atoms with E-state index >= 15 is 0 Å². The third kappa shape index (κ3) is 3.83. The maximum Gasteiger partial charge on any atom is 0.338 e. The van der Waals surface area contributed by atoms with Crippen LogP contribution in [-0.4, -0.2) is 87.9 Å². The third-order valence-corrected chi connectivity index (χ3v) is 15.1. The Kier molecular flexibility index (Phi) is 7.35. The summed E-state index contributed by atoms with van der Waals surface area (Å²) in [5.41, 5.74) is -11.7. The van der Waals surface area contributed by atoms with Crippen LogP contribution in [-0.2, 0) is 47.5 Å². The van der Waals surface area contributed by atoms with Gasteiger partial charge in [0.05, 0.1) is 30.6 Å². The normalized spacial score (nSPS) is 47.3. The molecule has 7 aliphatic rings. The molecule has 6 fully saturated rings. The number of hydrogen-bond donors (Lipinski definition) is 2. The number of aliphatic hydroxyl groups is 2. The van der Waals surface area contributed by atoms with Gasteiger partial charge >= 0.3 is 23.9 Å². The average Bonchev–Trinajstić information content (AvgIpc) is 3.94. The van der Waals surface area contributed by atoms with Gasteiger partial charge in [-0.15, -0.1) is 0 Å². The van der Waals surface area contributed by atoms with E-state index in [1.54, 1.807) is 57.2 Å². The first kappa shape index (κ1) is 36.6. The smallest absolute Gasteiger partial charge is 0.338 e. The number of rotatable bonds is 8. The second kappa shape index (κ2) is 11.1. The van der Waals surface area contributed by atoms with E-state index in [1.807, 2.05) is 13.8 Å². The molecular weight excluding hydrogens is 716 g/mol. The molecule has 14 heteroatoms. The maximum absolute atomic E-state index is 14.1. The number of esters is 4. The summed E-state index contributed by atoms with van der Waals surface area (Å²) in [6.07, 6.45) is -1.13. The average molecular weight is 763 g/mol. The molecule has 14 unspecified atom stereocenters. The largest absolute Gasteiger partial charge is 0.472 e. The SMILES string of the molecule is CCC(C)C12OC3C4(O1)C1=CC(=O)OC(c5ccoc5)C1(C)C(OC(C)=O)CC4(O2)C1(C)C(CC(=O)OC)C2(C)CC1(O)C3(O)C2OC(=O)c1ccccc1. The third-order valence-electron chi connectivity index (χ3n) is 15.1. The highest BCUT2D eigenvalue weighted by molar-refractivity contribution is 5.90. The minimum absolute atomic E-state index is 0.137. The van der Waals surface area contributed by atoms with Gasteiger partial charge in [0.15, 0.2) is 11.2 Å². The van der Waals surface area contributed by atoms with Gasteiger partial charge in [-0.05, 0) is 49.5 Å². The van der Waals surface area contributed by atoms with E-state index in [4.69, 9.17) is 37.6 Å². The van der Waals surface area contributed by atoms with Crippen LogP contribution in [0.4, 0.5) is 0 Å². The van der Waals surface area contributed by atoms with Crippen LogP contribution in [0.15, 0.2) is 65.0 Å². The van der Waals surface area contributed by atoms with Gasteiger partial charge < -0.3 is 47.8 Å². The van der Waals surface area contributed by atoms with E-state index in [-0.39, 0.29) is 30.4 Å². The molecule has 14 atom stereocenters. The highest BCUT2D eigenvalue weighted by Gasteiger charge is 3.03. The molecule has 14 nitrogen and oxygen atoms in total. The van der Waals surface area contributed by atoms with Crippen molar-refractivity contribution in [1.82, 2.24) is 0 Å². The summed E-state index contributed by atoms with van der Waals surface area (Å²) in [4.78, 5) is 54.6. The summed E-state index contributed by atoms with van der Waals surface area (Å²) < 4.78 is 50.9. The van der Waals surface area contributed by atoms with E-state index in [0.29, 0.717) is 12.0 Å². The lowest BCUT2D eigenvalue weighted by Crippen LogP contribution is -2.93. The molecule has 1 aromatic carbocycles. The first-order valence-corrected chi connectivity index (χ1v) is 18.9. The van der Waals surface area contributed by atoms with E-state index in [9.17, 15) is 29.4 Å². The molecule has 294 valence electrons. The molecule has 2 saturated heterocycles. The van der Waals surface area contributed by atoms with Gasteiger partial charge in [-0.1, -0.05) is 45.9 Å². The topological polar surface area (TPSA) is 186 Å². The summed E-state index contributed by atoms with van der Waals surface area (Å²) >= 11 is 0. The Labute approximate surface area is 317 Å². The van der Waals surface area contributed by atoms with E-state index in [2.05, 4.69) is 0 Å². The molecule has 55 heavy (non-hydrogen) atoms. The second-order valence-corrected chi connectivity index (χ2v) is 17.2. The molecule has 3 aliphatic heterocycles. The molecule has 0 amide bonds. The second-order valence-electron chi connectivity index (χ2n) is 17.2. The summed E-state index contributed by atoms with van der Waals surface area (Å²) in [5, 5.41) is 27.4. The minimum atomic E-state index is -2.43. The van der Waals surface area contributed by atoms with Crippen LogP contribution in [0.1, 0.15) is 89.3 Å². The van der Waals surface area contributed by atoms with Crippen LogP contribution >= 0.6 is 0 Å². The zero-order chi connectivity index (χ0) is 39.4. The zero-order valence-electron chi connectivity index (χ0n) is 31.8. The number of fused-ring (bicyclic) bond motifs is 4. The fourth-order valence-electron chi connectivity index (χ4n) is 12.7. The van der Waals surface area contributed by atoms with Crippen LogP contribution in [0.3, 0.4) is 0 Å². The molecule has 1 aromatic heterocycles. The number of benzene rings is 1. The van der Waals surface area contributed by atoms with Crippen molar-refractivity contribution in [2.45, 2.75) is 120 Å². The number of ether oxygens (including phenoxy) is 7. The lowest BCUT2D eigenvalue weighted by molar-refractivity contribution is -0.457. The van der Waals surface area contributed by atoms with Crippen LogP contribution in [0.5, 0.6) is 0 Å². The van der Waals surface area contributed by atoms with Gasteiger partial charge in [-0.3, -0.25) is 9.59 Å². The molecule has 0 radical (unpaired) electrons. The molecule has 2 aromatic rings. The number of methoxy groups -OCH3 is 1. The number of furan rings is 1. The standard InChI is InChI=1S/C41H46O14/c1-8-21(2)41-53-33-39(47)32(52-31(45)23-12-10-9-11-13-23)34(4)20-37(39,46)36(6,25(34)16-28(43)48-7)38(54-41)18-27(50-22(3)42)35(5)26(40(33,38)55-41)17-29(44)51-30(35)24-14-15-49-19-24/h9-15,17,19,21,25,27,30,32-33,46-47H,8,16,18,20H2,1-7H3. The fourth-order valence-corrected chi connectivity index (χ4v) is 12.7. The van der Waals surface area contributed by atoms with Crippen LogP contribution in [0.25, 0.3) is 0 Å². The van der Waals surface area contributed by atoms with Crippen LogP contribution in [0.2, 0.25) is 0 Å². The van der Waals surface area contributed by atoms with Crippen LogP contribution in [0, 0.1) is 28.1 Å². The zero-order valence-corrected chi connectivity index (χ0v) is 31.8. The number of carbonyl (C=O) groups is 4. The van der Waals surface area contributed by atoms with Gasteiger partial charge in [0.1, 0.15) is 35.6 Å². The molecule has 2 N–H and O–H groups in total. The van der Waals surface area contributed by atoms with Gasteiger partial charge in [0.25, 0.3) is 5.97 Å². The van der Waals surface area contributed by atoms with Gasteiger partial charge in [0, 0.05) is 48.2 Å². The van der Waals surface area contributed by atoms with Crippen LogP contribution < -0.4 is 0 Å². The van der Waals surface area contributed by atoms with Crippen molar-refractivity contribution in [3.05, 3.63) is 71.7 Å². The lowest BCUT2D eigenvalue weighted by Gasteiger charge is -2.76. The van der Waals surface area contributed by atoms with Gasteiger partial charge in [-0.2, -0.15) is 0 Å². The van der Waals surface area contributed by atoms with Crippen molar-refractivity contribution in [2.24, 2.45) is 28.1 Å². The fraction of sp³-hybridized carbons (Fsp3) is 0.610. The molecule has 1 spiro atoms. The van der Waals surface area contributed by atoms with E-state index in [0.717, 1.165) is 0 Å². The molecule has 9 rings (SSSR count). The molecule has 4 aliphatic carbocycles. The van der Waals surface area contributed by atoms with Crippen molar-refractivity contribution in [1.29, 1.82) is 0 Å². The Hall–Kier alpha value is -4.08. The van der Waals surface area contributed by atoms with E-state index in [1.165, 1.54) is 32.6 Å². The number of carbonyl (C=O) groups excluding carboxylic acids is 4. The Bertz CT molecular complexity index is 2030. The maximum atomic E-state index is 14.1. The number of hydrogen-bond acceptors (Lipinski definition) is 14. The van der Waals surface area contributed by atoms with Crippen molar-refractivity contribution in [2.75, 3.05) is 7.11 Å². The Morgan fingerprint density at radius 3 is 2.40 bits per heavy atom. The Morgan fingerprint density at radius 1 is 1.04 bits per heavy atom. The van der Waals surface area contributed by atoms with Crippen molar-refractivity contribution < 1.29 is 67.0 Å². The van der Waals surface area contributed by atoms with Gasteiger partial charge in [0.2, 0.25) is 0 Å². The predicted molar refractivity (Wildman–Crippen MR) is 185 cm³/mol. The highest BCUT2D eigenvalue weighted by Crippen LogP contribution is 2.88. The predicted octanol–water partition coefficient (Wildman–Crippen LogP) is 4.08. The number of cyclic esters (lactones) is 1. The minimum Gasteiger partial charge on any atom is -0.472 e. The first-order chi connectivity index (χ1) is 25.9. The van der Waals surface area contributed by atoms with E-state index < -0.39 is 105 Å². The van der Waals surface area contributed by atoms with Crippen molar-refractivity contribution in [3.63, 3.8) is 0 Å². The quantitative estimate of drug-likeness (QED) is 0.289. The van der Waals surface area contributed by atoms with Crippen molar-refractivity contribution >= 4 is 23.9 Å². The molecular formula is C41H46O14. The Morgan fingerprint density at radius 2 is 1.76 bits per heavy atom. The Balaban J connectivity index is 1.36. The highest BCUT2D eigenvalue weighted by atomic mass is 17.0. The lowest BCUT2D eigenvalue weighted by atomic mass is 9.34. The monoisotopic (exact) mass is 762 g/mol.